The van der Waals surface area contributed by atoms with E-state index in [1.807, 2.05) is 30.3 Å². The number of amides is 4. The van der Waals surface area contributed by atoms with Crippen molar-refractivity contribution in [2.45, 2.75) is 25.3 Å². The molecular formula is C20H20N4O5. The SMILES string of the molecule is C[C@@]1(CCc2ccccc2)NC(=O)N(NC(=O)COC(=O)c2ccncc2)C1=O. The number of nitrogens with one attached hydrogen (secondary N) is 2. The molecule has 1 aromatic carbocycles. The van der Waals surface area contributed by atoms with E-state index in [1.165, 1.54) is 24.5 Å². The van der Waals surface area contributed by atoms with Crippen LogP contribution in [0.3, 0.4) is 0 Å². The maximum Gasteiger partial charge on any atom is 0.344 e. The topological polar surface area (TPSA) is 118 Å². The number of ether oxygens (including phenoxy) is 1. The minimum atomic E-state index is -1.14. The highest BCUT2D eigenvalue weighted by Crippen LogP contribution is 2.22. The zero-order valence-corrected chi connectivity index (χ0v) is 15.8. The first-order chi connectivity index (χ1) is 13.9. The van der Waals surface area contributed by atoms with Gasteiger partial charge in [0.05, 0.1) is 5.56 Å². The van der Waals surface area contributed by atoms with Crippen LogP contribution < -0.4 is 10.7 Å². The number of hydrazine groups is 1. The highest BCUT2D eigenvalue weighted by Gasteiger charge is 2.48. The second-order valence-corrected chi connectivity index (χ2v) is 6.74. The Labute approximate surface area is 167 Å². The van der Waals surface area contributed by atoms with Crippen LogP contribution in [0.25, 0.3) is 0 Å². The highest BCUT2D eigenvalue weighted by atomic mass is 16.5. The van der Waals surface area contributed by atoms with Crippen LogP contribution in [-0.4, -0.2) is 46.0 Å². The average molecular weight is 396 g/mol. The van der Waals surface area contributed by atoms with Gasteiger partial charge in [0.1, 0.15) is 5.54 Å². The Bertz CT molecular complexity index is 919. The molecule has 2 heterocycles. The van der Waals surface area contributed by atoms with Crippen molar-refractivity contribution < 1.29 is 23.9 Å². The molecule has 1 aliphatic heterocycles. The number of nitrogens with zero attached hydrogens (tertiary/aromatic N) is 2. The van der Waals surface area contributed by atoms with Crippen LogP contribution in [0.4, 0.5) is 4.79 Å². The van der Waals surface area contributed by atoms with Gasteiger partial charge >= 0.3 is 12.0 Å². The summed E-state index contributed by atoms with van der Waals surface area (Å²) in [4.78, 5) is 52.5. The molecule has 9 nitrogen and oxygen atoms in total. The minimum absolute atomic E-state index is 0.233. The van der Waals surface area contributed by atoms with Crippen molar-refractivity contribution in [1.29, 1.82) is 0 Å². The van der Waals surface area contributed by atoms with Gasteiger partial charge in [0.2, 0.25) is 0 Å². The molecule has 0 saturated carbocycles. The molecule has 0 bridgehead atoms. The number of pyridine rings is 1. The van der Waals surface area contributed by atoms with E-state index in [4.69, 9.17) is 4.74 Å². The predicted octanol–water partition coefficient (Wildman–Crippen LogP) is 1.21. The number of hydrogen-bond donors (Lipinski definition) is 2. The van der Waals surface area contributed by atoms with Gasteiger partial charge in [-0.1, -0.05) is 30.3 Å². The Morgan fingerprint density at radius 1 is 1.14 bits per heavy atom. The quantitative estimate of drug-likeness (QED) is 0.537. The zero-order valence-electron chi connectivity index (χ0n) is 15.8. The number of aryl methyl sites for hydroxylation is 1. The molecule has 1 fully saturated rings. The summed E-state index contributed by atoms with van der Waals surface area (Å²) in [5.74, 6) is -2.09. The molecular weight excluding hydrogens is 376 g/mol. The van der Waals surface area contributed by atoms with E-state index in [1.54, 1.807) is 6.92 Å². The van der Waals surface area contributed by atoms with Gasteiger partial charge in [0, 0.05) is 12.4 Å². The number of esters is 1. The van der Waals surface area contributed by atoms with Crippen molar-refractivity contribution in [2.75, 3.05) is 6.61 Å². The molecule has 1 atom stereocenters. The molecule has 0 spiro atoms. The number of carbonyl (C=O) groups is 4. The lowest BCUT2D eigenvalue weighted by molar-refractivity contribution is -0.140. The molecule has 1 saturated heterocycles. The van der Waals surface area contributed by atoms with Gasteiger partial charge in [-0.3, -0.25) is 20.0 Å². The molecule has 29 heavy (non-hydrogen) atoms. The number of aromatic nitrogens is 1. The summed E-state index contributed by atoms with van der Waals surface area (Å²) in [7, 11) is 0. The molecule has 3 rings (SSSR count). The number of imide groups is 1. The summed E-state index contributed by atoms with van der Waals surface area (Å²) >= 11 is 0. The first-order valence-corrected chi connectivity index (χ1v) is 8.96. The van der Waals surface area contributed by atoms with Crippen LogP contribution in [0, 0.1) is 0 Å². The largest absolute Gasteiger partial charge is 0.452 e. The molecule has 2 aromatic rings. The number of hydrogen-bond acceptors (Lipinski definition) is 6. The molecule has 9 heteroatoms. The maximum atomic E-state index is 12.7. The smallest absolute Gasteiger partial charge is 0.344 e. The van der Waals surface area contributed by atoms with Gasteiger partial charge < -0.3 is 10.1 Å². The fourth-order valence-electron chi connectivity index (χ4n) is 2.85. The van der Waals surface area contributed by atoms with E-state index in [-0.39, 0.29) is 5.56 Å². The van der Waals surface area contributed by atoms with Crippen molar-refractivity contribution in [3.05, 3.63) is 66.0 Å². The molecule has 0 unspecified atom stereocenters. The monoisotopic (exact) mass is 396 g/mol. The van der Waals surface area contributed by atoms with Crippen molar-refractivity contribution in [3.8, 4) is 0 Å². The first kappa shape index (κ1) is 20.0. The van der Waals surface area contributed by atoms with Crippen LogP contribution in [-0.2, 0) is 20.7 Å². The lowest BCUT2D eigenvalue weighted by Crippen LogP contribution is -2.50. The minimum Gasteiger partial charge on any atom is -0.452 e. The van der Waals surface area contributed by atoms with Gasteiger partial charge in [-0.15, -0.1) is 0 Å². The molecule has 1 aromatic heterocycles. The molecule has 1 aliphatic rings. The lowest BCUT2D eigenvalue weighted by Gasteiger charge is -2.21. The number of urea groups is 1. The summed E-state index contributed by atoms with van der Waals surface area (Å²) in [5.41, 5.74) is 2.30. The fourth-order valence-corrected chi connectivity index (χ4v) is 2.85. The van der Waals surface area contributed by atoms with Gasteiger partial charge in [0.15, 0.2) is 6.61 Å². The van der Waals surface area contributed by atoms with Crippen LogP contribution >= 0.6 is 0 Å². The average Bonchev–Trinajstić information content (AvgIpc) is 2.95. The predicted molar refractivity (Wildman–Crippen MR) is 101 cm³/mol. The molecule has 0 radical (unpaired) electrons. The molecule has 150 valence electrons. The second kappa shape index (κ2) is 8.51. The second-order valence-electron chi connectivity index (χ2n) is 6.74. The number of rotatable bonds is 7. The van der Waals surface area contributed by atoms with Crippen molar-refractivity contribution in [2.24, 2.45) is 0 Å². The maximum absolute atomic E-state index is 12.7. The molecule has 0 aliphatic carbocycles. The summed E-state index contributed by atoms with van der Waals surface area (Å²) in [6.45, 7) is 0.963. The highest BCUT2D eigenvalue weighted by molar-refractivity contribution is 6.07. The van der Waals surface area contributed by atoms with Crippen LogP contribution in [0.2, 0.25) is 0 Å². The van der Waals surface area contributed by atoms with E-state index < -0.39 is 36.0 Å². The Morgan fingerprint density at radius 2 is 1.83 bits per heavy atom. The third-order valence-corrected chi connectivity index (χ3v) is 4.50. The standard InChI is InChI=1S/C20H20N4O5/c1-20(10-7-14-5-3-2-4-6-14)18(27)24(19(28)22-20)23-16(25)13-29-17(26)15-8-11-21-12-9-15/h2-6,8-9,11-12H,7,10,13H2,1H3,(H,22,28)(H,23,25)/t20-/m0/s1. The Hall–Kier alpha value is -3.75. The van der Waals surface area contributed by atoms with E-state index in [9.17, 15) is 19.2 Å². The first-order valence-electron chi connectivity index (χ1n) is 8.96. The summed E-state index contributed by atoms with van der Waals surface area (Å²) < 4.78 is 4.88. The van der Waals surface area contributed by atoms with Gasteiger partial charge in [-0.05, 0) is 37.5 Å². The lowest BCUT2D eigenvalue weighted by atomic mass is 9.93. The van der Waals surface area contributed by atoms with E-state index in [0.29, 0.717) is 17.9 Å². The van der Waals surface area contributed by atoms with Crippen LogP contribution in [0.1, 0.15) is 29.3 Å². The van der Waals surface area contributed by atoms with Gasteiger partial charge in [-0.25, -0.2) is 9.59 Å². The zero-order chi connectivity index (χ0) is 20.9. The van der Waals surface area contributed by atoms with Gasteiger partial charge in [0.25, 0.3) is 11.8 Å². The number of carbonyl (C=O) groups excluding carboxylic acids is 4. The van der Waals surface area contributed by atoms with Crippen LogP contribution in [0.15, 0.2) is 54.9 Å². The normalized spacial score (nSPS) is 18.3. The summed E-state index contributed by atoms with van der Waals surface area (Å²) in [5, 5.41) is 3.22. The van der Waals surface area contributed by atoms with Crippen molar-refractivity contribution in [3.63, 3.8) is 0 Å². The summed E-state index contributed by atoms with van der Waals surface area (Å²) in [6.07, 6.45) is 3.78. The Kier molecular flexibility index (Phi) is 5.87. The Balaban J connectivity index is 1.53. The van der Waals surface area contributed by atoms with Crippen molar-refractivity contribution in [1.82, 2.24) is 20.7 Å². The van der Waals surface area contributed by atoms with E-state index >= 15 is 0 Å². The van der Waals surface area contributed by atoms with Crippen LogP contribution in [0.5, 0.6) is 0 Å². The van der Waals surface area contributed by atoms with Gasteiger partial charge in [-0.2, -0.15) is 5.01 Å². The number of benzene rings is 1. The fraction of sp³-hybridized carbons (Fsp3) is 0.250. The summed E-state index contributed by atoms with van der Waals surface area (Å²) in [6, 6.07) is 11.7. The third-order valence-electron chi connectivity index (χ3n) is 4.50. The Morgan fingerprint density at radius 3 is 2.52 bits per heavy atom. The van der Waals surface area contributed by atoms with E-state index in [2.05, 4.69) is 15.7 Å². The third kappa shape index (κ3) is 4.75. The molecule has 4 amide bonds. The van der Waals surface area contributed by atoms with Crippen molar-refractivity contribution >= 4 is 23.8 Å². The van der Waals surface area contributed by atoms with E-state index in [0.717, 1.165) is 5.56 Å². The molecule has 2 N–H and O–H groups in total.